The second kappa shape index (κ2) is 31.6. The van der Waals surface area contributed by atoms with E-state index in [1.165, 1.54) is 178 Å². The molecule has 1 N–H and O–H groups in total. The van der Waals surface area contributed by atoms with Crippen molar-refractivity contribution in [3.63, 3.8) is 0 Å². The summed E-state index contributed by atoms with van der Waals surface area (Å²) in [6.07, 6.45) is 34.0. The van der Waals surface area contributed by atoms with Crippen LogP contribution in [-0.2, 0) is 4.79 Å². The Morgan fingerprint density at radius 3 is 1.68 bits per heavy atom. The van der Waals surface area contributed by atoms with Crippen LogP contribution in [-0.4, -0.2) is 59.5 Å². The predicted molar refractivity (Wildman–Crippen MR) is 190 cm³/mol. The highest BCUT2D eigenvalue weighted by Crippen LogP contribution is 2.25. The average Bonchev–Trinajstić information content (AvgIpc) is 3.49. The molecule has 1 aliphatic rings. The van der Waals surface area contributed by atoms with Crippen LogP contribution in [0.4, 0.5) is 0 Å². The molecule has 0 bridgehead atoms. The zero-order valence-electron chi connectivity index (χ0n) is 27.9. The van der Waals surface area contributed by atoms with Crippen molar-refractivity contribution >= 4 is 29.4 Å². The Labute approximate surface area is 266 Å². The molecule has 1 amide bonds. The van der Waals surface area contributed by atoms with Crippen molar-refractivity contribution in [2.75, 3.05) is 43.4 Å². The molecule has 1 fully saturated rings. The Morgan fingerprint density at radius 2 is 1.15 bits per heavy atom. The molecule has 3 nitrogen and oxygen atoms in total. The average molecular weight is 613 g/mol. The van der Waals surface area contributed by atoms with Crippen LogP contribution >= 0.6 is 23.5 Å². The number of unbranched alkanes of at least 4 members (excludes halogenated alkanes) is 18. The molecule has 0 aliphatic carbocycles. The summed E-state index contributed by atoms with van der Waals surface area (Å²) in [6, 6.07) is 0. The van der Waals surface area contributed by atoms with E-state index in [0.29, 0.717) is 6.42 Å². The summed E-state index contributed by atoms with van der Waals surface area (Å²) in [5, 5.41) is 3.90. The molecule has 0 aromatic rings. The van der Waals surface area contributed by atoms with Crippen molar-refractivity contribution in [1.29, 1.82) is 0 Å². The zero-order valence-corrected chi connectivity index (χ0v) is 29.5. The first-order valence-electron chi connectivity index (χ1n) is 18.4. The molecule has 41 heavy (non-hydrogen) atoms. The van der Waals surface area contributed by atoms with Gasteiger partial charge in [0.05, 0.1) is 0 Å². The van der Waals surface area contributed by atoms with Gasteiger partial charge in [0.1, 0.15) is 0 Å². The third-order valence-electron chi connectivity index (χ3n) is 8.68. The van der Waals surface area contributed by atoms with Gasteiger partial charge in [0, 0.05) is 30.5 Å². The van der Waals surface area contributed by atoms with Crippen molar-refractivity contribution in [2.24, 2.45) is 0 Å². The maximum Gasteiger partial charge on any atom is 0.220 e. The second-order valence-corrected chi connectivity index (χ2v) is 15.3. The van der Waals surface area contributed by atoms with Gasteiger partial charge in [-0.1, -0.05) is 129 Å². The van der Waals surface area contributed by atoms with Crippen LogP contribution in [0.2, 0.25) is 0 Å². The van der Waals surface area contributed by atoms with Crippen molar-refractivity contribution < 1.29 is 4.79 Å². The van der Waals surface area contributed by atoms with Gasteiger partial charge in [0.25, 0.3) is 0 Å². The van der Waals surface area contributed by atoms with Gasteiger partial charge in [-0.3, -0.25) is 4.79 Å². The highest BCUT2D eigenvalue weighted by molar-refractivity contribution is 8.03. The first-order chi connectivity index (χ1) is 20.3. The van der Waals surface area contributed by atoms with E-state index in [9.17, 15) is 4.79 Å². The quantitative estimate of drug-likeness (QED) is 0.0766. The summed E-state index contributed by atoms with van der Waals surface area (Å²) in [6.45, 7) is 8.88. The number of rotatable bonds is 32. The number of hydrogen-bond acceptors (Lipinski definition) is 4. The maximum absolute atomic E-state index is 12.4. The monoisotopic (exact) mass is 613 g/mol. The van der Waals surface area contributed by atoms with Crippen LogP contribution in [0.5, 0.6) is 0 Å². The Balaban J connectivity index is 2.13. The smallest absolute Gasteiger partial charge is 0.220 e. The van der Waals surface area contributed by atoms with E-state index in [1.54, 1.807) is 0 Å². The maximum atomic E-state index is 12.4. The highest BCUT2D eigenvalue weighted by Gasteiger charge is 2.13. The summed E-state index contributed by atoms with van der Waals surface area (Å²) in [5.74, 6) is 4.17. The lowest BCUT2D eigenvalue weighted by Crippen LogP contribution is -2.33. The van der Waals surface area contributed by atoms with Gasteiger partial charge in [-0.15, -0.1) is 0 Å². The Hall–Kier alpha value is 0.130. The number of amides is 1. The minimum Gasteiger partial charge on any atom is -0.355 e. The summed E-state index contributed by atoms with van der Waals surface area (Å²) in [5.41, 5.74) is 0. The fourth-order valence-electron chi connectivity index (χ4n) is 5.90. The van der Waals surface area contributed by atoms with E-state index in [0.717, 1.165) is 24.8 Å². The van der Waals surface area contributed by atoms with Gasteiger partial charge in [0.2, 0.25) is 5.91 Å². The Morgan fingerprint density at radius 1 is 0.659 bits per heavy atom. The van der Waals surface area contributed by atoms with Crippen LogP contribution in [0.25, 0.3) is 0 Å². The van der Waals surface area contributed by atoms with E-state index in [-0.39, 0.29) is 5.91 Å². The van der Waals surface area contributed by atoms with E-state index in [1.807, 2.05) is 0 Å². The number of hydrogen-bond donors (Lipinski definition) is 1. The number of nitrogens with one attached hydrogen (secondary N) is 1. The summed E-state index contributed by atoms with van der Waals surface area (Å²) in [4.78, 5) is 14.9. The second-order valence-electron chi connectivity index (χ2n) is 12.7. The molecule has 1 aliphatic heterocycles. The zero-order chi connectivity index (χ0) is 29.5. The van der Waals surface area contributed by atoms with Crippen molar-refractivity contribution in [2.45, 2.75) is 180 Å². The molecule has 1 atom stereocenters. The lowest BCUT2D eigenvalue weighted by molar-refractivity contribution is -0.121. The first-order valence-corrected chi connectivity index (χ1v) is 20.6. The fourth-order valence-corrected chi connectivity index (χ4v) is 8.61. The van der Waals surface area contributed by atoms with Gasteiger partial charge in [-0.05, 0) is 63.1 Å². The van der Waals surface area contributed by atoms with Crippen LogP contribution in [0, 0.1) is 0 Å². The van der Waals surface area contributed by atoms with E-state index in [2.05, 4.69) is 47.6 Å². The SMILES string of the molecule is CCCCCCCCCCCCSCC(CCCC(=O)NCCN1CCCC1)SCCCCCCCCCCCC. The molecule has 5 heteroatoms. The minimum atomic E-state index is 0.264. The molecule has 244 valence electrons. The lowest BCUT2D eigenvalue weighted by Gasteiger charge is -2.17. The normalized spacial score (nSPS) is 14.6. The van der Waals surface area contributed by atoms with Crippen LogP contribution in [0.15, 0.2) is 0 Å². The molecule has 0 aromatic carbocycles. The van der Waals surface area contributed by atoms with Gasteiger partial charge >= 0.3 is 0 Å². The van der Waals surface area contributed by atoms with Crippen LogP contribution < -0.4 is 5.32 Å². The summed E-state index contributed by atoms with van der Waals surface area (Å²) in [7, 11) is 0. The molecule has 1 saturated heterocycles. The topological polar surface area (TPSA) is 32.3 Å². The van der Waals surface area contributed by atoms with Crippen molar-refractivity contribution in [1.82, 2.24) is 10.2 Å². The predicted octanol–water partition coefficient (Wildman–Crippen LogP) is 11.0. The Kier molecular flexibility index (Phi) is 30.1. The lowest BCUT2D eigenvalue weighted by atomic mass is 10.1. The first kappa shape index (κ1) is 39.2. The van der Waals surface area contributed by atoms with Crippen LogP contribution in [0.1, 0.15) is 174 Å². The third kappa shape index (κ3) is 27.4. The van der Waals surface area contributed by atoms with Gasteiger partial charge in [0.15, 0.2) is 0 Å². The van der Waals surface area contributed by atoms with Gasteiger partial charge in [-0.2, -0.15) is 23.5 Å². The molecule has 0 saturated carbocycles. The molecule has 1 rings (SSSR count). The Bertz CT molecular complexity index is 542. The molecule has 0 spiro atoms. The summed E-state index contributed by atoms with van der Waals surface area (Å²) < 4.78 is 0. The summed E-state index contributed by atoms with van der Waals surface area (Å²) >= 11 is 4.39. The van der Waals surface area contributed by atoms with Gasteiger partial charge in [-0.25, -0.2) is 0 Å². The fraction of sp³-hybridized carbons (Fsp3) is 0.972. The van der Waals surface area contributed by atoms with Gasteiger partial charge < -0.3 is 10.2 Å². The number of carbonyl (C=O) groups excluding carboxylic acids is 1. The number of carbonyl (C=O) groups is 1. The van der Waals surface area contributed by atoms with E-state index in [4.69, 9.17) is 0 Å². The molecule has 1 unspecified atom stereocenters. The number of likely N-dealkylation sites (tertiary alicyclic amines) is 1. The largest absolute Gasteiger partial charge is 0.355 e. The van der Waals surface area contributed by atoms with Crippen molar-refractivity contribution in [3.05, 3.63) is 0 Å². The van der Waals surface area contributed by atoms with Crippen LogP contribution in [0.3, 0.4) is 0 Å². The number of nitrogens with zero attached hydrogens (tertiary/aromatic N) is 1. The molecule has 1 heterocycles. The molecular formula is C36H72N2OS2. The molecular weight excluding hydrogens is 541 g/mol. The standard InChI is InChI=1S/C36H72N2OS2/c1-3-5-7-9-11-13-15-17-19-23-32-40-34-35(41-33-24-20-18-16-14-12-10-8-6-4-2)26-25-27-36(39)37-28-31-38-29-21-22-30-38/h35H,3-34H2,1-2H3,(H,37,39). The highest BCUT2D eigenvalue weighted by atomic mass is 32.2. The van der Waals surface area contributed by atoms with E-state index >= 15 is 0 Å². The van der Waals surface area contributed by atoms with Crippen molar-refractivity contribution in [3.8, 4) is 0 Å². The molecule has 0 aromatic heterocycles. The third-order valence-corrected chi connectivity index (χ3v) is 11.5. The number of thioether (sulfide) groups is 2. The molecule has 0 radical (unpaired) electrons. The minimum absolute atomic E-state index is 0.264. The van der Waals surface area contributed by atoms with E-state index < -0.39 is 0 Å².